The molecule has 150 valence electrons. The number of rotatable bonds is 5. The molecule has 0 bridgehead atoms. The summed E-state index contributed by atoms with van der Waals surface area (Å²) in [7, 11) is -3.49. The lowest BCUT2D eigenvalue weighted by Crippen LogP contribution is -2.35. The van der Waals surface area contributed by atoms with Gasteiger partial charge in [-0.1, -0.05) is 41.9 Å². The van der Waals surface area contributed by atoms with E-state index in [-0.39, 0.29) is 10.6 Å². The predicted molar refractivity (Wildman–Crippen MR) is 109 cm³/mol. The normalized spacial score (nSPS) is 15.2. The number of piperidine rings is 1. The fraction of sp³-hybridized carbons (Fsp3) is 0.238. The van der Waals surface area contributed by atoms with E-state index < -0.39 is 15.9 Å². The van der Waals surface area contributed by atoms with Gasteiger partial charge in [-0.2, -0.15) is 4.31 Å². The maximum Gasteiger partial charge on any atom is 0.277 e. The van der Waals surface area contributed by atoms with E-state index in [9.17, 15) is 13.2 Å². The Balaban J connectivity index is 1.45. The van der Waals surface area contributed by atoms with Crippen LogP contribution in [0.4, 0.5) is 5.69 Å². The second-order valence-electron chi connectivity index (χ2n) is 6.89. The summed E-state index contributed by atoms with van der Waals surface area (Å²) in [4.78, 5) is 12.7. The second kappa shape index (κ2) is 8.18. The Morgan fingerprint density at radius 3 is 2.34 bits per heavy atom. The lowest BCUT2D eigenvalue weighted by atomic mass is 10.1. The third kappa shape index (κ3) is 4.23. The molecule has 1 amide bonds. The summed E-state index contributed by atoms with van der Waals surface area (Å²) in [5.74, 6) is 0.0706. The highest BCUT2D eigenvalue weighted by molar-refractivity contribution is 7.89. The number of hydrogen-bond acceptors (Lipinski definition) is 5. The Labute approximate surface area is 169 Å². The van der Waals surface area contributed by atoms with Gasteiger partial charge in [0.25, 0.3) is 5.91 Å². The predicted octanol–water partition coefficient (Wildman–Crippen LogP) is 3.77. The molecule has 1 aliphatic rings. The number of carbonyl (C=O) groups is 1. The van der Waals surface area contributed by atoms with E-state index in [1.165, 1.54) is 16.4 Å². The summed E-state index contributed by atoms with van der Waals surface area (Å²) in [5, 5.41) is 6.53. The maximum atomic E-state index is 12.7. The maximum absolute atomic E-state index is 12.7. The molecule has 1 saturated heterocycles. The molecular formula is C21H21N3O4S. The Hall–Kier alpha value is -2.97. The lowest BCUT2D eigenvalue weighted by molar-refractivity contribution is 0.101. The van der Waals surface area contributed by atoms with Crippen LogP contribution in [0, 0.1) is 0 Å². The molecule has 8 heteroatoms. The number of aromatic nitrogens is 1. The Kier molecular flexibility index (Phi) is 5.46. The first-order valence-corrected chi connectivity index (χ1v) is 10.9. The molecule has 7 nitrogen and oxygen atoms in total. The number of nitrogens with one attached hydrogen (secondary N) is 1. The van der Waals surface area contributed by atoms with Gasteiger partial charge in [0.1, 0.15) is 0 Å². The largest absolute Gasteiger partial charge is 0.355 e. The number of anilines is 1. The van der Waals surface area contributed by atoms with Gasteiger partial charge in [0.2, 0.25) is 10.0 Å². The van der Waals surface area contributed by atoms with E-state index in [1.54, 1.807) is 18.2 Å². The van der Waals surface area contributed by atoms with Crippen molar-refractivity contribution in [3.05, 3.63) is 66.4 Å². The smallest absolute Gasteiger partial charge is 0.277 e. The molecule has 1 N–H and O–H groups in total. The highest BCUT2D eigenvalue weighted by Gasteiger charge is 2.25. The van der Waals surface area contributed by atoms with Crippen molar-refractivity contribution in [1.82, 2.24) is 9.46 Å². The Morgan fingerprint density at radius 1 is 0.966 bits per heavy atom. The molecule has 1 aliphatic heterocycles. The van der Waals surface area contributed by atoms with E-state index in [0.717, 1.165) is 24.8 Å². The molecular weight excluding hydrogens is 390 g/mol. The van der Waals surface area contributed by atoms with E-state index in [2.05, 4.69) is 10.5 Å². The Bertz CT molecular complexity index is 1090. The third-order valence-electron chi connectivity index (χ3n) is 4.87. The zero-order valence-electron chi connectivity index (χ0n) is 15.7. The molecule has 2 heterocycles. The van der Waals surface area contributed by atoms with Crippen molar-refractivity contribution >= 4 is 21.6 Å². The van der Waals surface area contributed by atoms with Gasteiger partial charge in [-0.15, -0.1) is 0 Å². The van der Waals surface area contributed by atoms with Gasteiger partial charge < -0.3 is 9.84 Å². The average molecular weight is 411 g/mol. The highest BCUT2D eigenvalue weighted by atomic mass is 32.2. The number of nitrogens with zero attached hydrogens (tertiary/aromatic N) is 2. The summed E-state index contributed by atoms with van der Waals surface area (Å²) in [5.41, 5.74) is 1.46. The van der Waals surface area contributed by atoms with E-state index in [4.69, 9.17) is 4.52 Å². The number of benzene rings is 2. The van der Waals surface area contributed by atoms with Crippen LogP contribution in [0.3, 0.4) is 0 Å². The molecule has 0 radical (unpaired) electrons. The molecule has 1 aromatic heterocycles. The standard InChI is InChI=1S/C21H21N3O4S/c25-21(19-15-20(28-23-19)16-7-3-1-4-8-16)22-17-9-11-18(12-10-17)29(26,27)24-13-5-2-6-14-24/h1,3-4,7-12,15H,2,5-6,13-14H2,(H,22,25). The minimum absolute atomic E-state index is 0.147. The average Bonchev–Trinajstić information content (AvgIpc) is 3.26. The zero-order chi connectivity index (χ0) is 20.3. The van der Waals surface area contributed by atoms with Gasteiger partial charge in [0.15, 0.2) is 11.5 Å². The molecule has 0 spiro atoms. The van der Waals surface area contributed by atoms with E-state index in [0.29, 0.717) is 24.5 Å². The molecule has 2 aromatic carbocycles. The van der Waals surface area contributed by atoms with Gasteiger partial charge >= 0.3 is 0 Å². The van der Waals surface area contributed by atoms with E-state index in [1.807, 2.05) is 30.3 Å². The molecule has 0 atom stereocenters. The number of amides is 1. The lowest BCUT2D eigenvalue weighted by Gasteiger charge is -2.25. The first-order valence-electron chi connectivity index (χ1n) is 9.48. The first kappa shape index (κ1) is 19.4. The minimum Gasteiger partial charge on any atom is -0.355 e. The van der Waals surface area contributed by atoms with Crippen molar-refractivity contribution < 1.29 is 17.7 Å². The van der Waals surface area contributed by atoms with Gasteiger partial charge in [-0.25, -0.2) is 8.42 Å². The number of hydrogen-bond donors (Lipinski definition) is 1. The van der Waals surface area contributed by atoms with Crippen LogP contribution in [0.25, 0.3) is 11.3 Å². The van der Waals surface area contributed by atoms with Crippen molar-refractivity contribution in [2.45, 2.75) is 24.2 Å². The zero-order valence-corrected chi connectivity index (χ0v) is 16.6. The van der Waals surface area contributed by atoms with Crippen LogP contribution < -0.4 is 5.32 Å². The van der Waals surface area contributed by atoms with Crippen LogP contribution in [-0.2, 0) is 10.0 Å². The van der Waals surface area contributed by atoms with Crippen LogP contribution in [0.5, 0.6) is 0 Å². The fourth-order valence-corrected chi connectivity index (χ4v) is 4.80. The van der Waals surface area contributed by atoms with E-state index >= 15 is 0 Å². The summed E-state index contributed by atoms with van der Waals surface area (Å²) >= 11 is 0. The monoisotopic (exact) mass is 411 g/mol. The van der Waals surface area contributed by atoms with Crippen molar-refractivity contribution in [3.8, 4) is 11.3 Å². The minimum atomic E-state index is -3.49. The van der Waals surface area contributed by atoms with Gasteiger partial charge in [0.05, 0.1) is 4.90 Å². The summed E-state index contributed by atoms with van der Waals surface area (Å²) < 4.78 is 32.2. The topological polar surface area (TPSA) is 92.5 Å². The fourth-order valence-electron chi connectivity index (χ4n) is 3.28. The van der Waals surface area contributed by atoms with Gasteiger partial charge in [0, 0.05) is 30.4 Å². The molecule has 3 aromatic rings. The molecule has 29 heavy (non-hydrogen) atoms. The quantitative estimate of drug-likeness (QED) is 0.690. The van der Waals surface area contributed by atoms with Gasteiger partial charge in [-0.3, -0.25) is 4.79 Å². The highest BCUT2D eigenvalue weighted by Crippen LogP contribution is 2.23. The van der Waals surface area contributed by atoms with Crippen LogP contribution in [0.1, 0.15) is 29.8 Å². The Morgan fingerprint density at radius 2 is 1.66 bits per heavy atom. The van der Waals surface area contributed by atoms with Crippen LogP contribution in [0.15, 0.2) is 70.1 Å². The van der Waals surface area contributed by atoms with Crippen molar-refractivity contribution in [3.63, 3.8) is 0 Å². The molecule has 0 aliphatic carbocycles. The second-order valence-corrected chi connectivity index (χ2v) is 8.82. The first-order chi connectivity index (χ1) is 14.0. The van der Waals surface area contributed by atoms with Crippen LogP contribution in [0.2, 0.25) is 0 Å². The van der Waals surface area contributed by atoms with Crippen LogP contribution >= 0.6 is 0 Å². The summed E-state index contributed by atoms with van der Waals surface area (Å²) in [6.45, 7) is 1.10. The number of carbonyl (C=O) groups excluding carboxylic acids is 1. The molecule has 0 unspecified atom stereocenters. The van der Waals surface area contributed by atoms with Gasteiger partial charge in [-0.05, 0) is 37.1 Å². The SMILES string of the molecule is O=C(Nc1ccc(S(=O)(=O)N2CCCCC2)cc1)c1cc(-c2ccccc2)on1. The van der Waals surface area contributed by atoms with Crippen LogP contribution in [-0.4, -0.2) is 36.9 Å². The summed E-state index contributed by atoms with van der Waals surface area (Å²) in [6.07, 6.45) is 2.83. The molecule has 4 rings (SSSR count). The van der Waals surface area contributed by atoms with Crippen molar-refractivity contribution in [2.75, 3.05) is 18.4 Å². The molecule has 1 fully saturated rings. The third-order valence-corrected chi connectivity index (χ3v) is 6.78. The summed E-state index contributed by atoms with van der Waals surface area (Å²) in [6, 6.07) is 17.1. The van der Waals surface area contributed by atoms with Crippen molar-refractivity contribution in [2.24, 2.45) is 0 Å². The number of sulfonamides is 1. The molecule has 0 saturated carbocycles. The van der Waals surface area contributed by atoms with Crippen molar-refractivity contribution in [1.29, 1.82) is 0 Å².